The number of methoxy groups -OCH3 is 1. The van der Waals surface area contributed by atoms with Crippen LogP contribution in [0.3, 0.4) is 0 Å². The predicted molar refractivity (Wildman–Crippen MR) is 80.5 cm³/mol. The molecule has 1 N–H and O–H groups in total. The zero-order valence-corrected chi connectivity index (χ0v) is 12.3. The Morgan fingerprint density at radius 3 is 2.53 bits per heavy atom. The second-order valence-corrected chi connectivity index (χ2v) is 5.72. The van der Waals surface area contributed by atoms with Crippen LogP contribution < -0.4 is 10.1 Å². The van der Waals surface area contributed by atoms with Crippen LogP contribution in [-0.2, 0) is 11.3 Å². The molecule has 0 unspecified atom stereocenters. The van der Waals surface area contributed by atoms with Crippen molar-refractivity contribution < 1.29 is 9.47 Å². The van der Waals surface area contributed by atoms with Gasteiger partial charge in [-0.3, -0.25) is 0 Å². The monoisotopic (exact) mass is 297 g/mol. The van der Waals surface area contributed by atoms with Crippen LogP contribution in [0.1, 0.15) is 4.88 Å². The number of hydrogen-bond acceptors (Lipinski definition) is 4. The van der Waals surface area contributed by atoms with Crippen LogP contribution in [0.5, 0.6) is 5.75 Å². The first kappa shape index (κ1) is 14.2. The highest BCUT2D eigenvalue weighted by molar-refractivity contribution is 7.16. The average Bonchev–Trinajstić information content (AvgIpc) is 2.84. The van der Waals surface area contributed by atoms with Gasteiger partial charge in [0.05, 0.1) is 10.9 Å². The first-order valence-corrected chi connectivity index (χ1v) is 7.17. The lowest BCUT2D eigenvalue weighted by molar-refractivity contribution is 0.146. The van der Waals surface area contributed by atoms with Gasteiger partial charge in [0.25, 0.3) is 0 Å². The number of ether oxygens (including phenoxy) is 2. The maximum absolute atomic E-state index is 5.89. The van der Waals surface area contributed by atoms with E-state index >= 15 is 0 Å². The van der Waals surface area contributed by atoms with E-state index in [0.717, 1.165) is 22.3 Å². The van der Waals surface area contributed by atoms with Crippen molar-refractivity contribution in [2.75, 3.05) is 25.6 Å². The fourth-order valence-corrected chi connectivity index (χ4v) is 2.58. The fraction of sp³-hybridized carbons (Fsp3) is 0.286. The molecule has 0 atom stereocenters. The summed E-state index contributed by atoms with van der Waals surface area (Å²) in [5.74, 6) is 0.849. The molecule has 0 amide bonds. The van der Waals surface area contributed by atoms with Crippen molar-refractivity contribution in [2.45, 2.75) is 6.54 Å². The normalized spacial score (nSPS) is 10.4. The number of anilines is 1. The van der Waals surface area contributed by atoms with Crippen molar-refractivity contribution >= 4 is 28.6 Å². The second-order valence-electron chi connectivity index (χ2n) is 3.93. The van der Waals surface area contributed by atoms with Gasteiger partial charge in [0.15, 0.2) is 0 Å². The lowest BCUT2D eigenvalue weighted by Gasteiger charge is -2.08. The summed E-state index contributed by atoms with van der Waals surface area (Å²) in [6.45, 7) is 1.94. The summed E-state index contributed by atoms with van der Waals surface area (Å²) in [5.41, 5.74) is 1.06. The van der Waals surface area contributed by atoms with E-state index in [0.29, 0.717) is 13.2 Å². The van der Waals surface area contributed by atoms with Gasteiger partial charge in [0.2, 0.25) is 0 Å². The highest BCUT2D eigenvalue weighted by atomic mass is 35.5. The molecule has 0 saturated heterocycles. The molecular weight excluding hydrogens is 282 g/mol. The van der Waals surface area contributed by atoms with Crippen molar-refractivity contribution in [3.05, 3.63) is 45.6 Å². The molecule has 0 aliphatic heterocycles. The molecule has 1 aromatic heterocycles. The summed E-state index contributed by atoms with van der Waals surface area (Å²) in [5, 5.41) is 3.34. The first-order valence-electron chi connectivity index (χ1n) is 5.98. The molecule has 0 aliphatic rings. The molecular formula is C14H16ClNO2S. The van der Waals surface area contributed by atoms with E-state index in [1.807, 2.05) is 36.4 Å². The van der Waals surface area contributed by atoms with Gasteiger partial charge >= 0.3 is 0 Å². The number of halogens is 1. The Morgan fingerprint density at radius 2 is 1.89 bits per heavy atom. The van der Waals surface area contributed by atoms with Gasteiger partial charge in [-0.1, -0.05) is 11.6 Å². The Morgan fingerprint density at radius 1 is 1.11 bits per heavy atom. The van der Waals surface area contributed by atoms with Crippen molar-refractivity contribution in [1.82, 2.24) is 0 Å². The Bertz CT molecular complexity index is 498. The Hall–Kier alpha value is -1.23. The summed E-state index contributed by atoms with van der Waals surface area (Å²) in [4.78, 5) is 1.21. The maximum atomic E-state index is 5.89. The van der Waals surface area contributed by atoms with Crippen molar-refractivity contribution in [1.29, 1.82) is 0 Å². The Kier molecular flexibility index (Phi) is 5.51. The molecule has 0 saturated carbocycles. The predicted octanol–water partition coefficient (Wildman–Crippen LogP) is 4.04. The van der Waals surface area contributed by atoms with Gasteiger partial charge in [-0.2, -0.15) is 0 Å². The van der Waals surface area contributed by atoms with Crippen molar-refractivity contribution in [2.24, 2.45) is 0 Å². The minimum absolute atomic E-state index is 0.566. The van der Waals surface area contributed by atoms with E-state index < -0.39 is 0 Å². The summed E-state index contributed by atoms with van der Waals surface area (Å²) >= 11 is 7.48. The molecule has 102 valence electrons. The Balaban J connectivity index is 1.81. The van der Waals surface area contributed by atoms with Gasteiger partial charge in [0, 0.05) is 24.2 Å². The average molecular weight is 298 g/mol. The third-order valence-corrected chi connectivity index (χ3v) is 3.74. The number of rotatable bonds is 7. The molecule has 0 bridgehead atoms. The third-order valence-electron chi connectivity index (χ3n) is 2.51. The van der Waals surface area contributed by atoms with Crippen LogP contribution >= 0.6 is 22.9 Å². The molecule has 1 heterocycles. The summed E-state index contributed by atoms with van der Waals surface area (Å²) < 4.78 is 11.2. The van der Waals surface area contributed by atoms with E-state index in [1.54, 1.807) is 18.4 Å². The molecule has 5 heteroatoms. The van der Waals surface area contributed by atoms with Gasteiger partial charge < -0.3 is 14.8 Å². The standard InChI is InChI=1S/C14H16ClNO2S/c1-17-8-9-18-12-4-2-11(3-5-12)16-10-13-6-7-14(15)19-13/h2-7,16H,8-10H2,1H3. The van der Waals surface area contributed by atoms with Gasteiger partial charge in [-0.15, -0.1) is 11.3 Å². The highest BCUT2D eigenvalue weighted by Crippen LogP contribution is 2.23. The zero-order chi connectivity index (χ0) is 13.5. The minimum atomic E-state index is 0.566. The molecule has 0 radical (unpaired) electrons. The van der Waals surface area contributed by atoms with Gasteiger partial charge in [0.1, 0.15) is 12.4 Å². The zero-order valence-electron chi connectivity index (χ0n) is 10.7. The molecule has 3 nitrogen and oxygen atoms in total. The molecule has 0 spiro atoms. The SMILES string of the molecule is COCCOc1ccc(NCc2ccc(Cl)s2)cc1. The van der Waals surface area contributed by atoms with Crippen LogP contribution in [0, 0.1) is 0 Å². The topological polar surface area (TPSA) is 30.5 Å². The molecule has 0 fully saturated rings. The lowest BCUT2D eigenvalue weighted by Crippen LogP contribution is -2.04. The maximum Gasteiger partial charge on any atom is 0.119 e. The fourth-order valence-electron chi connectivity index (χ4n) is 1.55. The van der Waals surface area contributed by atoms with Crippen molar-refractivity contribution in [3.8, 4) is 5.75 Å². The van der Waals surface area contributed by atoms with E-state index in [9.17, 15) is 0 Å². The number of thiophene rings is 1. The van der Waals surface area contributed by atoms with E-state index in [2.05, 4.69) is 5.32 Å². The van der Waals surface area contributed by atoms with Crippen LogP contribution in [0.4, 0.5) is 5.69 Å². The number of benzene rings is 1. The van der Waals surface area contributed by atoms with Crippen LogP contribution in [-0.4, -0.2) is 20.3 Å². The minimum Gasteiger partial charge on any atom is -0.491 e. The number of hydrogen-bond donors (Lipinski definition) is 1. The lowest BCUT2D eigenvalue weighted by atomic mass is 10.3. The molecule has 1 aromatic carbocycles. The smallest absolute Gasteiger partial charge is 0.119 e. The third kappa shape index (κ3) is 4.74. The van der Waals surface area contributed by atoms with Gasteiger partial charge in [-0.25, -0.2) is 0 Å². The van der Waals surface area contributed by atoms with Crippen LogP contribution in [0.15, 0.2) is 36.4 Å². The molecule has 0 aliphatic carbocycles. The largest absolute Gasteiger partial charge is 0.491 e. The summed E-state index contributed by atoms with van der Waals surface area (Å²) in [6, 6.07) is 11.8. The van der Waals surface area contributed by atoms with E-state index in [4.69, 9.17) is 21.1 Å². The van der Waals surface area contributed by atoms with Crippen LogP contribution in [0.25, 0.3) is 0 Å². The van der Waals surface area contributed by atoms with E-state index in [1.165, 1.54) is 4.88 Å². The van der Waals surface area contributed by atoms with Crippen LogP contribution in [0.2, 0.25) is 4.34 Å². The quantitative estimate of drug-likeness (QED) is 0.783. The van der Waals surface area contributed by atoms with Gasteiger partial charge in [-0.05, 0) is 36.4 Å². The van der Waals surface area contributed by atoms with Crippen molar-refractivity contribution in [3.63, 3.8) is 0 Å². The molecule has 19 heavy (non-hydrogen) atoms. The highest BCUT2D eigenvalue weighted by Gasteiger charge is 1.99. The summed E-state index contributed by atoms with van der Waals surface area (Å²) in [7, 11) is 1.66. The second kappa shape index (κ2) is 7.38. The number of nitrogens with one attached hydrogen (secondary N) is 1. The Labute approximate surface area is 122 Å². The summed E-state index contributed by atoms with van der Waals surface area (Å²) in [6.07, 6.45) is 0. The molecule has 2 rings (SSSR count). The molecule has 2 aromatic rings. The van der Waals surface area contributed by atoms with E-state index in [-0.39, 0.29) is 0 Å². The first-order chi connectivity index (χ1) is 9.28.